The summed E-state index contributed by atoms with van der Waals surface area (Å²) < 4.78 is 54.1. The number of hydrogen-bond donors (Lipinski definition) is 3. The lowest BCUT2D eigenvalue weighted by Crippen LogP contribution is -2.45. The molecule has 0 saturated carbocycles. The van der Waals surface area contributed by atoms with Gasteiger partial charge in [-0.1, -0.05) is 91.3 Å². The van der Waals surface area contributed by atoms with Crippen molar-refractivity contribution in [1.29, 1.82) is 0 Å². The Labute approximate surface area is 341 Å². The Morgan fingerprint density at radius 1 is 0.845 bits per heavy atom. The van der Waals surface area contributed by atoms with E-state index in [2.05, 4.69) is 34.0 Å². The highest BCUT2D eigenvalue weighted by Crippen LogP contribution is 2.42. The Kier molecular flexibility index (Phi) is 12.9. The number of fused-ring (bicyclic) bond motifs is 1. The SMILES string of the molecule is COc1cc2c(cc1OC)CN(C[C@H]1O[C@@H](c3ccc(NC(=O)[C@@H](Cc4ccccc4)NS(=O)(=O)c4ccc(C)cc4)cc3)O[C@@H](c3ccc(CO)cc3)[C@H]1C)CC2. The molecule has 0 unspecified atom stereocenters. The molecule has 12 heteroatoms. The first-order chi connectivity index (χ1) is 28.0. The number of nitrogens with zero attached hydrogens (tertiary/aromatic N) is 1. The lowest BCUT2D eigenvalue weighted by atomic mass is 9.89. The molecule has 0 spiro atoms. The number of aliphatic hydroxyl groups is 1. The predicted molar refractivity (Wildman–Crippen MR) is 222 cm³/mol. The molecule has 1 saturated heterocycles. The molecule has 3 N–H and O–H groups in total. The summed E-state index contributed by atoms with van der Waals surface area (Å²) in [6, 6.07) is 34.0. The van der Waals surface area contributed by atoms with Crippen molar-refractivity contribution in [1.82, 2.24) is 9.62 Å². The maximum absolute atomic E-state index is 13.8. The van der Waals surface area contributed by atoms with Crippen molar-refractivity contribution in [2.45, 2.75) is 69.3 Å². The number of methoxy groups -OCH3 is 2. The van der Waals surface area contributed by atoms with E-state index in [-0.39, 0.29) is 36.0 Å². The summed E-state index contributed by atoms with van der Waals surface area (Å²) in [6.07, 6.45) is -0.165. The molecule has 2 aliphatic rings. The number of benzene rings is 5. The van der Waals surface area contributed by atoms with Crippen LogP contribution in [0.1, 0.15) is 58.3 Å². The maximum atomic E-state index is 13.8. The summed E-state index contributed by atoms with van der Waals surface area (Å²) in [5.41, 5.74) is 7.27. The number of rotatable bonds is 14. The number of carbonyl (C=O) groups is 1. The number of carbonyl (C=O) groups excluding carboxylic acids is 1. The zero-order chi connectivity index (χ0) is 40.8. The molecule has 1 amide bonds. The smallest absolute Gasteiger partial charge is 0.242 e. The molecule has 2 aliphatic heterocycles. The third-order valence-corrected chi connectivity index (χ3v) is 12.5. The van der Waals surface area contributed by atoms with Gasteiger partial charge in [0.25, 0.3) is 0 Å². The highest BCUT2D eigenvalue weighted by molar-refractivity contribution is 7.89. The lowest BCUT2D eigenvalue weighted by Gasteiger charge is -2.43. The van der Waals surface area contributed by atoms with E-state index in [9.17, 15) is 18.3 Å². The van der Waals surface area contributed by atoms with E-state index >= 15 is 0 Å². The Balaban J connectivity index is 1.09. The van der Waals surface area contributed by atoms with Crippen molar-refractivity contribution >= 4 is 21.6 Å². The van der Waals surface area contributed by atoms with Crippen molar-refractivity contribution < 1.29 is 37.3 Å². The van der Waals surface area contributed by atoms with Crippen LogP contribution in [0.25, 0.3) is 0 Å². The third kappa shape index (κ3) is 9.61. The largest absolute Gasteiger partial charge is 0.493 e. The first-order valence-electron chi connectivity index (χ1n) is 19.5. The van der Waals surface area contributed by atoms with Crippen molar-refractivity contribution in [3.05, 3.63) is 154 Å². The number of aryl methyl sites for hydroxylation is 1. The summed E-state index contributed by atoms with van der Waals surface area (Å²) in [4.78, 5) is 16.3. The molecule has 11 nitrogen and oxygen atoms in total. The van der Waals surface area contributed by atoms with Crippen LogP contribution in [0.4, 0.5) is 5.69 Å². The van der Waals surface area contributed by atoms with Gasteiger partial charge in [0.05, 0.1) is 37.9 Å². The van der Waals surface area contributed by atoms with Gasteiger partial charge in [-0.05, 0) is 84.0 Å². The van der Waals surface area contributed by atoms with Gasteiger partial charge >= 0.3 is 0 Å². The van der Waals surface area contributed by atoms with Crippen LogP contribution < -0.4 is 19.5 Å². The lowest BCUT2D eigenvalue weighted by molar-refractivity contribution is -0.276. The summed E-state index contributed by atoms with van der Waals surface area (Å²) in [5, 5.41) is 12.6. The van der Waals surface area contributed by atoms with E-state index in [1.807, 2.05) is 73.7 Å². The van der Waals surface area contributed by atoms with Gasteiger partial charge < -0.3 is 29.4 Å². The molecule has 0 bridgehead atoms. The number of anilines is 1. The molecule has 58 heavy (non-hydrogen) atoms. The van der Waals surface area contributed by atoms with Crippen molar-refractivity contribution in [3.8, 4) is 11.5 Å². The highest BCUT2D eigenvalue weighted by Gasteiger charge is 2.39. The average molecular weight is 806 g/mol. The average Bonchev–Trinajstić information content (AvgIpc) is 3.24. The molecule has 0 radical (unpaired) electrons. The van der Waals surface area contributed by atoms with Gasteiger partial charge in [0.15, 0.2) is 17.8 Å². The van der Waals surface area contributed by atoms with Crippen molar-refractivity contribution in [2.24, 2.45) is 5.92 Å². The zero-order valence-electron chi connectivity index (χ0n) is 33.3. The van der Waals surface area contributed by atoms with Gasteiger partial charge in [0.1, 0.15) is 6.04 Å². The van der Waals surface area contributed by atoms with E-state index in [0.717, 1.165) is 53.1 Å². The van der Waals surface area contributed by atoms with E-state index in [0.29, 0.717) is 18.0 Å². The quantitative estimate of drug-likeness (QED) is 0.110. The molecule has 1 fully saturated rings. The Morgan fingerprint density at radius 3 is 2.16 bits per heavy atom. The fraction of sp³-hybridized carbons (Fsp3) is 0.326. The molecule has 5 aromatic rings. The van der Waals surface area contributed by atoms with Crippen LogP contribution in [-0.2, 0) is 50.3 Å². The van der Waals surface area contributed by atoms with E-state index in [4.69, 9.17) is 18.9 Å². The third-order valence-electron chi connectivity index (χ3n) is 11.0. The number of sulfonamides is 1. The van der Waals surface area contributed by atoms with Crippen LogP contribution in [0.5, 0.6) is 11.5 Å². The van der Waals surface area contributed by atoms with Crippen LogP contribution in [-0.4, -0.2) is 63.8 Å². The molecular weight excluding hydrogens is 755 g/mol. The number of nitrogens with one attached hydrogen (secondary N) is 2. The van der Waals surface area contributed by atoms with Crippen LogP contribution in [0, 0.1) is 12.8 Å². The highest BCUT2D eigenvalue weighted by atomic mass is 32.2. The normalized spacial score (nSPS) is 20.2. The Hall–Kier alpha value is -5.08. The van der Waals surface area contributed by atoms with Gasteiger partial charge in [-0.15, -0.1) is 0 Å². The number of amides is 1. The van der Waals surface area contributed by atoms with Gasteiger partial charge in [0, 0.05) is 36.8 Å². The number of ether oxygens (including phenoxy) is 4. The predicted octanol–water partition coefficient (Wildman–Crippen LogP) is 6.88. The minimum absolute atomic E-state index is 0.00757. The fourth-order valence-electron chi connectivity index (χ4n) is 7.64. The fourth-order valence-corrected chi connectivity index (χ4v) is 8.84. The molecule has 5 atom stereocenters. The van der Waals surface area contributed by atoms with Gasteiger partial charge in [-0.25, -0.2) is 8.42 Å². The molecule has 5 aromatic carbocycles. The molecule has 0 aromatic heterocycles. The zero-order valence-corrected chi connectivity index (χ0v) is 34.1. The molecule has 304 valence electrons. The number of hydrogen-bond acceptors (Lipinski definition) is 9. The molecule has 2 heterocycles. The second kappa shape index (κ2) is 18.2. The Bertz CT molecular complexity index is 2270. The monoisotopic (exact) mass is 805 g/mol. The second-order valence-electron chi connectivity index (χ2n) is 15.1. The van der Waals surface area contributed by atoms with Gasteiger partial charge in [-0.2, -0.15) is 4.72 Å². The first kappa shape index (κ1) is 41.1. The standard InChI is InChI=1S/C46H51N3O8S/c1-30-10-20-39(21-11-30)58(52,53)48-40(24-32-8-6-5-7-9-32)45(51)47-38-18-16-35(17-19-38)46-56-43(31(2)44(57-46)34-14-12-33(29-50)13-15-34)28-49-23-22-36-25-41(54-3)42(55-4)26-37(36)27-49/h5-21,25-26,31,40,43-44,46,48,50H,22-24,27-29H2,1-4H3,(H,47,51)/t31-,40+,43+,44+,46+/m0/s1. The minimum atomic E-state index is -4.00. The molecule has 7 rings (SSSR count). The van der Waals surface area contributed by atoms with Crippen molar-refractivity contribution in [2.75, 3.05) is 32.6 Å². The summed E-state index contributed by atoms with van der Waals surface area (Å²) >= 11 is 0. The van der Waals surface area contributed by atoms with E-state index in [1.54, 1.807) is 38.5 Å². The summed E-state index contributed by atoms with van der Waals surface area (Å²) in [7, 11) is -0.697. The Morgan fingerprint density at radius 2 is 1.50 bits per heavy atom. The van der Waals surface area contributed by atoms with Crippen LogP contribution in [0.3, 0.4) is 0 Å². The second-order valence-corrected chi connectivity index (χ2v) is 16.8. The molecular formula is C46H51N3O8S. The van der Waals surface area contributed by atoms with Crippen LogP contribution in [0.15, 0.2) is 120 Å². The van der Waals surface area contributed by atoms with Gasteiger partial charge in [-0.3, -0.25) is 9.69 Å². The molecule has 0 aliphatic carbocycles. The summed E-state index contributed by atoms with van der Waals surface area (Å²) in [6.45, 7) is 6.26. The number of aliphatic hydroxyl groups excluding tert-OH is 1. The van der Waals surface area contributed by atoms with Crippen molar-refractivity contribution in [3.63, 3.8) is 0 Å². The van der Waals surface area contributed by atoms with Crippen LogP contribution >= 0.6 is 0 Å². The summed E-state index contributed by atoms with van der Waals surface area (Å²) in [5.74, 6) is 0.943. The topological polar surface area (TPSA) is 136 Å². The minimum Gasteiger partial charge on any atom is -0.493 e. The van der Waals surface area contributed by atoms with E-state index in [1.165, 1.54) is 23.3 Å². The maximum Gasteiger partial charge on any atom is 0.242 e. The van der Waals surface area contributed by atoms with Gasteiger partial charge in [0.2, 0.25) is 15.9 Å². The first-order valence-corrected chi connectivity index (χ1v) is 21.0. The van der Waals surface area contributed by atoms with Crippen LogP contribution in [0.2, 0.25) is 0 Å². The van der Waals surface area contributed by atoms with E-state index < -0.39 is 28.3 Å².